The molecule has 1 aliphatic heterocycles. The molecule has 2 heterocycles. The lowest BCUT2D eigenvalue weighted by molar-refractivity contribution is 0.0393. The topological polar surface area (TPSA) is 66.4 Å². The standard InChI is InChI=1S/C21H23N4O3/c1-2-25(13-15-26-16-14-25)19-22-20(27-17-9-5-3-6-10-17)24-21(23-19)28-18-11-7-4-8-12-18/h3-12H,2,13-16H2,1H3/q+1. The van der Waals surface area contributed by atoms with Gasteiger partial charge in [0.1, 0.15) is 24.6 Å². The van der Waals surface area contributed by atoms with Gasteiger partial charge in [0.2, 0.25) is 0 Å². The van der Waals surface area contributed by atoms with Crippen molar-refractivity contribution in [2.24, 2.45) is 0 Å². The van der Waals surface area contributed by atoms with Gasteiger partial charge in [0.05, 0.1) is 19.8 Å². The number of quaternary nitrogens is 1. The quantitative estimate of drug-likeness (QED) is 0.607. The molecule has 3 aromatic rings. The number of likely N-dealkylation sites (N-methyl/N-ethyl adjacent to an activating group) is 1. The molecule has 28 heavy (non-hydrogen) atoms. The van der Waals surface area contributed by atoms with E-state index < -0.39 is 0 Å². The van der Waals surface area contributed by atoms with Crippen LogP contribution in [0.2, 0.25) is 0 Å². The van der Waals surface area contributed by atoms with Crippen molar-refractivity contribution < 1.29 is 14.2 Å². The highest BCUT2D eigenvalue weighted by Gasteiger charge is 2.36. The molecule has 4 rings (SSSR count). The summed E-state index contributed by atoms with van der Waals surface area (Å²) in [6.45, 7) is 5.92. The Hall–Kier alpha value is -3.03. The molecule has 2 aromatic carbocycles. The summed E-state index contributed by atoms with van der Waals surface area (Å²) in [6, 6.07) is 19.4. The van der Waals surface area contributed by atoms with Gasteiger partial charge >= 0.3 is 18.0 Å². The molecular formula is C21H23N4O3+. The molecule has 0 spiro atoms. The second kappa shape index (κ2) is 8.33. The van der Waals surface area contributed by atoms with Gasteiger partial charge in [0, 0.05) is 0 Å². The molecule has 0 amide bonds. The molecule has 0 radical (unpaired) electrons. The molecule has 7 nitrogen and oxygen atoms in total. The van der Waals surface area contributed by atoms with Gasteiger partial charge in [0.25, 0.3) is 0 Å². The maximum absolute atomic E-state index is 5.89. The molecular weight excluding hydrogens is 356 g/mol. The first-order chi connectivity index (χ1) is 13.8. The molecule has 0 bridgehead atoms. The fraction of sp³-hybridized carbons (Fsp3) is 0.286. The number of hydrogen-bond acceptors (Lipinski definition) is 6. The summed E-state index contributed by atoms with van der Waals surface area (Å²) in [6.07, 6.45) is 0. The van der Waals surface area contributed by atoms with E-state index in [4.69, 9.17) is 14.2 Å². The third-order valence-electron chi connectivity index (χ3n) is 4.84. The number of hydrogen-bond donors (Lipinski definition) is 0. The Balaban J connectivity index is 1.71. The van der Waals surface area contributed by atoms with E-state index in [2.05, 4.69) is 21.9 Å². The molecule has 1 fully saturated rings. The van der Waals surface area contributed by atoms with E-state index in [1.807, 2.05) is 60.7 Å². The zero-order valence-corrected chi connectivity index (χ0v) is 15.8. The highest BCUT2D eigenvalue weighted by molar-refractivity contribution is 5.33. The van der Waals surface area contributed by atoms with Crippen LogP contribution in [0, 0.1) is 0 Å². The molecule has 0 saturated carbocycles. The van der Waals surface area contributed by atoms with Crippen molar-refractivity contribution in [3.8, 4) is 23.5 Å². The minimum atomic E-state index is 0.222. The van der Waals surface area contributed by atoms with E-state index in [9.17, 15) is 0 Å². The molecule has 0 N–H and O–H groups in total. The molecule has 1 aliphatic rings. The van der Waals surface area contributed by atoms with Gasteiger partial charge in [-0.25, -0.2) is 0 Å². The third kappa shape index (κ3) is 4.11. The van der Waals surface area contributed by atoms with Crippen molar-refractivity contribution in [3.05, 3.63) is 60.7 Å². The first-order valence-corrected chi connectivity index (χ1v) is 9.44. The molecule has 0 unspecified atom stereocenters. The van der Waals surface area contributed by atoms with Crippen molar-refractivity contribution >= 4 is 5.95 Å². The van der Waals surface area contributed by atoms with Crippen molar-refractivity contribution in [1.29, 1.82) is 0 Å². The maximum atomic E-state index is 5.89. The Labute approximate surface area is 164 Å². The number of morpholine rings is 1. The largest absolute Gasteiger partial charge is 0.424 e. The number of nitrogens with zero attached hydrogens (tertiary/aromatic N) is 4. The van der Waals surface area contributed by atoms with Gasteiger partial charge in [0.15, 0.2) is 0 Å². The molecule has 1 saturated heterocycles. The van der Waals surface area contributed by atoms with Crippen LogP contribution in [-0.4, -0.2) is 47.8 Å². The number of aromatic nitrogens is 3. The van der Waals surface area contributed by atoms with E-state index >= 15 is 0 Å². The van der Waals surface area contributed by atoms with Crippen molar-refractivity contribution in [3.63, 3.8) is 0 Å². The number of benzene rings is 2. The van der Waals surface area contributed by atoms with Gasteiger partial charge in [-0.2, -0.15) is 0 Å². The summed E-state index contributed by atoms with van der Waals surface area (Å²) < 4.78 is 17.9. The zero-order valence-electron chi connectivity index (χ0n) is 15.8. The number of rotatable bonds is 6. The normalized spacial score (nSPS) is 15.8. The number of ether oxygens (including phenoxy) is 3. The predicted octanol–water partition coefficient (Wildman–Crippen LogP) is 3.81. The Kier molecular flexibility index (Phi) is 5.45. The second-order valence-corrected chi connectivity index (χ2v) is 6.55. The fourth-order valence-corrected chi connectivity index (χ4v) is 3.17. The Morgan fingerprint density at radius 1 is 0.786 bits per heavy atom. The summed E-state index contributed by atoms with van der Waals surface area (Å²) >= 11 is 0. The molecule has 0 aliphatic carbocycles. The van der Waals surface area contributed by atoms with Crippen LogP contribution in [0.25, 0.3) is 0 Å². The van der Waals surface area contributed by atoms with E-state index in [1.165, 1.54) is 0 Å². The van der Waals surface area contributed by atoms with Gasteiger partial charge < -0.3 is 14.2 Å². The van der Waals surface area contributed by atoms with Crippen LogP contribution < -0.4 is 14.0 Å². The van der Waals surface area contributed by atoms with Gasteiger partial charge in [-0.05, 0) is 31.2 Å². The average molecular weight is 379 g/mol. The van der Waals surface area contributed by atoms with E-state index in [0.29, 0.717) is 35.1 Å². The minimum Gasteiger partial charge on any atom is -0.424 e. The van der Waals surface area contributed by atoms with Crippen LogP contribution in [0.15, 0.2) is 60.7 Å². The molecule has 144 valence electrons. The Morgan fingerprint density at radius 3 is 1.75 bits per heavy atom. The van der Waals surface area contributed by atoms with Crippen LogP contribution in [0.4, 0.5) is 5.95 Å². The van der Waals surface area contributed by atoms with Crippen LogP contribution in [0.1, 0.15) is 6.92 Å². The van der Waals surface area contributed by atoms with Crippen LogP contribution in [-0.2, 0) is 4.74 Å². The lowest BCUT2D eigenvalue weighted by atomic mass is 10.3. The zero-order chi connectivity index (χ0) is 19.2. The lowest BCUT2D eigenvalue weighted by Gasteiger charge is -2.37. The minimum absolute atomic E-state index is 0.222. The van der Waals surface area contributed by atoms with Crippen LogP contribution >= 0.6 is 0 Å². The first-order valence-electron chi connectivity index (χ1n) is 9.44. The van der Waals surface area contributed by atoms with Crippen LogP contribution in [0.3, 0.4) is 0 Å². The smallest absolute Gasteiger partial charge is 0.338 e. The highest BCUT2D eigenvalue weighted by Crippen LogP contribution is 2.28. The lowest BCUT2D eigenvalue weighted by Crippen LogP contribution is -2.57. The summed E-state index contributed by atoms with van der Waals surface area (Å²) in [5, 5.41) is 0. The van der Waals surface area contributed by atoms with E-state index in [0.717, 1.165) is 19.6 Å². The molecule has 1 aromatic heterocycles. The summed E-state index contributed by atoms with van der Waals surface area (Å²) in [4.78, 5) is 13.6. The predicted molar refractivity (Wildman–Crippen MR) is 106 cm³/mol. The van der Waals surface area contributed by atoms with Gasteiger partial charge in [-0.1, -0.05) is 36.4 Å². The Morgan fingerprint density at radius 2 is 1.29 bits per heavy atom. The molecule has 0 atom stereocenters. The summed E-state index contributed by atoms with van der Waals surface area (Å²) in [7, 11) is 0. The first kappa shape index (κ1) is 18.3. The van der Waals surface area contributed by atoms with Crippen molar-refractivity contribution in [2.45, 2.75) is 6.92 Å². The number of para-hydroxylation sites is 2. The van der Waals surface area contributed by atoms with Crippen LogP contribution in [0.5, 0.6) is 23.5 Å². The third-order valence-corrected chi connectivity index (χ3v) is 4.84. The summed E-state index contributed by atoms with van der Waals surface area (Å²) in [5.41, 5.74) is 0. The molecule has 7 heteroatoms. The Bertz CT molecular complexity index is 840. The van der Waals surface area contributed by atoms with Gasteiger partial charge in [-0.15, -0.1) is 15.0 Å². The summed E-state index contributed by atoms with van der Waals surface area (Å²) in [5.74, 6) is 1.96. The van der Waals surface area contributed by atoms with Crippen molar-refractivity contribution in [2.75, 3.05) is 32.8 Å². The fourth-order valence-electron chi connectivity index (χ4n) is 3.17. The monoisotopic (exact) mass is 379 g/mol. The maximum Gasteiger partial charge on any atom is 0.338 e. The SMILES string of the molecule is CC[N+]1(c2nc(Oc3ccccc3)nc(Oc3ccccc3)n2)CCOCC1. The second-order valence-electron chi connectivity index (χ2n) is 6.55. The van der Waals surface area contributed by atoms with E-state index in [1.54, 1.807) is 0 Å². The van der Waals surface area contributed by atoms with Crippen molar-refractivity contribution in [1.82, 2.24) is 19.4 Å². The van der Waals surface area contributed by atoms with E-state index in [-0.39, 0.29) is 12.0 Å². The average Bonchev–Trinajstić information content (AvgIpc) is 2.75. The van der Waals surface area contributed by atoms with Gasteiger partial charge in [-0.3, -0.25) is 4.48 Å². The highest BCUT2D eigenvalue weighted by atomic mass is 16.5.